The Morgan fingerprint density at radius 2 is 1.81 bits per heavy atom. The topological polar surface area (TPSA) is 24.9 Å². The molecule has 0 aliphatic carbocycles. The fourth-order valence-electron chi connectivity index (χ4n) is 2.64. The van der Waals surface area contributed by atoms with Gasteiger partial charge in [-0.2, -0.15) is 0 Å². The molecule has 2 heteroatoms. The Bertz CT molecular complexity index is 727. The molecule has 2 aromatic carbocycles. The first-order chi connectivity index (χ1) is 10.3. The normalized spacial score (nSPS) is 12.3. The molecule has 1 N–H and O–H groups in total. The smallest absolute Gasteiger partial charge is 0.0722 e. The van der Waals surface area contributed by atoms with Gasteiger partial charge in [-0.3, -0.25) is 4.98 Å². The van der Waals surface area contributed by atoms with Gasteiger partial charge in [-0.1, -0.05) is 42.8 Å². The Balaban J connectivity index is 1.94. The largest absolute Gasteiger partial charge is 0.378 e. The van der Waals surface area contributed by atoms with Crippen LogP contribution in [0.2, 0.25) is 0 Å². The minimum absolute atomic E-state index is 0.316. The number of hydrogen-bond acceptors (Lipinski definition) is 2. The summed E-state index contributed by atoms with van der Waals surface area (Å²) in [5, 5.41) is 4.84. The summed E-state index contributed by atoms with van der Waals surface area (Å²) in [6.45, 7) is 4.33. The molecule has 21 heavy (non-hydrogen) atoms. The molecule has 1 atom stereocenters. The summed E-state index contributed by atoms with van der Waals surface area (Å²) in [6.07, 6.45) is 2.88. The zero-order chi connectivity index (χ0) is 14.7. The van der Waals surface area contributed by atoms with Crippen molar-refractivity contribution in [1.29, 1.82) is 0 Å². The van der Waals surface area contributed by atoms with Gasteiger partial charge >= 0.3 is 0 Å². The van der Waals surface area contributed by atoms with E-state index in [-0.39, 0.29) is 0 Å². The molecular formula is C19H20N2. The number of nitrogens with one attached hydrogen (secondary N) is 1. The van der Waals surface area contributed by atoms with Crippen molar-refractivity contribution in [2.24, 2.45) is 0 Å². The van der Waals surface area contributed by atoms with Crippen molar-refractivity contribution >= 4 is 16.6 Å². The number of aryl methyl sites for hydroxylation is 1. The Morgan fingerprint density at radius 1 is 1.00 bits per heavy atom. The molecule has 0 aliphatic heterocycles. The molecule has 3 aromatic rings. The maximum atomic E-state index is 4.42. The molecule has 0 spiro atoms. The van der Waals surface area contributed by atoms with E-state index in [1.165, 1.54) is 16.5 Å². The zero-order valence-corrected chi connectivity index (χ0v) is 12.5. The molecule has 2 nitrogen and oxygen atoms in total. The number of pyridine rings is 1. The van der Waals surface area contributed by atoms with E-state index in [0.717, 1.165) is 17.6 Å². The molecule has 0 saturated heterocycles. The molecule has 0 bridgehead atoms. The molecule has 0 fully saturated rings. The third-order valence-corrected chi connectivity index (χ3v) is 3.86. The standard InChI is InChI=1S/C19H20N2/c1-3-17(15-11-9-14(2)10-12-15)21-19-8-4-7-18-16(19)6-5-13-20-18/h4-13,17,21H,3H2,1-2H3. The van der Waals surface area contributed by atoms with Gasteiger partial charge in [0.25, 0.3) is 0 Å². The minimum atomic E-state index is 0.316. The number of nitrogens with zero attached hydrogens (tertiary/aromatic N) is 1. The second-order valence-electron chi connectivity index (χ2n) is 5.39. The Hall–Kier alpha value is -2.35. The third kappa shape index (κ3) is 2.89. The highest BCUT2D eigenvalue weighted by Crippen LogP contribution is 2.27. The van der Waals surface area contributed by atoms with Crippen molar-refractivity contribution in [3.8, 4) is 0 Å². The van der Waals surface area contributed by atoms with Crippen LogP contribution in [0, 0.1) is 6.92 Å². The van der Waals surface area contributed by atoms with Crippen LogP contribution in [0.4, 0.5) is 5.69 Å². The number of rotatable bonds is 4. The van der Waals surface area contributed by atoms with E-state index in [1.807, 2.05) is 18.3 Å². The summed E-state index contributed by atoms with van der Waals surface area (Å²) < 4.78 is 0. The fourth-order valence-corrected chi connectivity index (χ4v) is 2.64. The summed E-state index contributed by atoms with van der Waals surface area (Å²) in [7, 11) is 0. The van der Waals surface area contributed by atoms with Gasteiger partial charge in [0.1, 0.15) is 0 Å². The molecule has 0 amide bonds. The molecule has 0 radical (unpaired) electrons. The van der Waals surface area contributed by atoms with Crippen LogP contribution >= 0.6 is 0 Å². The number of benzene rings is 2. The van der Waals surface area contributed by atoms with E-state index in [2.05, 4.69) is 66.6 Å². The maximum absolute atomic E-state index is 4.42. The highest BCUT2D eigenvalue weighted by molar-refractivity contribution is 5.91. The number of aromatic nitrogens is 1. The van der Waals surface area contributed by atoms with Gasteiger partial charge in [0.2, 0.25) is 0 Å². The van der Waals surface area contributed by atoms with Crippen LogP contribution in [0.5, 0.6) is 0 Å². The molecule has 0 saturated carbocycles. The van der Waals surface area contributed by atoms with Crippen LogP contribution in [0.3, 0.4) is 0 Å². The van der Waals surface area contributed by atoms with Crippen molar-refractivity contribution in [3.05, 3.63) is 71.9 Å². The van der Waals surface area contributed by atoms with Crippen LogP contribution in [0.1, 0.15) is 30.5 Å². The molecule has 1 aromatic heterocycles. The van der Waals surface area contributed by atoms with Crippen molar-refractivity contribution in [2.45, 2.75) is 26.3 Å². The summed E-state index contributed by atoms with van der Waals surface area (Å²) >= 11 is 0. The van der Waals surface area contributed by atoms with Gasteiger partial charge < -0.3 is 5.32 Å². The lowest BCUT2D eigenvalue weighted by Crippen LogP contribution is -2.10. The minimum Gasteiger partial charge on any atom is -0.378 e. The summed E-state index contributed by atoms with van der Waals surface area (Å²) in [6, 6.07) is 19.4. The SMILES string of the molecule is CCC(Nc1cccc2ncccc12)c1ccc(C)cc1. The molecular weight excluding hydrogens is 256 g/mol. The quantitative estimate of drug-likeness (QED) is 0.716. The van der Waals surface area contributed by atoms with Gasteiger partial charge in [0, 0.05) is 17.3 Å². The molecule has 1 unspecified atom stereocenters. The van der Waals surface area contributed by atoms with E-state index in [9.17, 15) is 0 Å². The first kappa shape index (κ1) is 13.6. The first-order valence-electron chi connectivity index (χ1n) is 7.45. The van der Waals surface area contributed by atoms with E-state index < -0.39 is 0 Å². The van der Waals surface area contributed by atoms with Gasteiger partial charge in [-0.05, 0) is 43.2 Å². The Morgan fingerprint density at radius 3 is 2.57 bits per heavy atom. The number of anilines is 1. The number of fused-ring (bicyclic) bond motifs is 1. The van der Waals surface area contributed by atoms with Gasteiger partial charge in [-0.15, -0.1) is 0 Å². The maximum Gasteiger partial charge on any atom is 0.0722 e. The summed E-state index contributed by atoms with van der Waals surface area (Å²) in [5.74, 6) is 0. The van der Waals surface area contributed by atoms with Crippen molar-refractivity contribution < 1.29 is 0 Å². The van der Waals surface area contributed by atoms with E-state index in [4.69, 9.17) is 0 Å². The van der Waals surface area contributed by atoms with Gasteiger partial charge in [0.05, 0.1) is 11.6 Å². The van der Waals surface area contributed by atoms with Crippen LogP contribution in [0.15, 0.2) is 60.8 Å². The molecule has 3 rings (SSSR count). The van der Waals surface area contributed by atoms with E-state index in [0.29, 0.717) is 6.04 Å². The monoisotopic (exact) mass is 276 g/mol. The van der Waals surface area contributed by atoms with Crippen LogP contribution in [-0.4, -0.2) is 4.98 Å². The lowest BCUT2D eigenvalue weighted by molar-refractivity contribution is 0.750. The molecule has 106 valence electrons. The van der Waals surface area contributed by atoms with E-state index >= 15 is 0 Å². The van der Waals surface area contributed by atoms with Crippen LogP contribution < -0.4 is 5.32 Å². The predicted molar refractivity (Wildman–Crippen MR) is 89.6 cm³/mol. The highest BCUT2D eigenvalue weighted by Gasteiger charge is 2.10. The second kappa shape index (κ2) is 5.96. The Labute approximate surface area is 125 Å². The lowest BCUT2D eigenvalue weighted by atomic mass is 10.0. The molecule has 0 aliphatic rings. The van der Waals surface area contributed by atoms with Gasteiger partial charge in [0.15, 0.2) is 0 Å². The Kier molecular flexibility index (Phi) is 3.87. The van der Waals surface area contributed by atoms with Crippen LogP contribution in [0.25, 0.3) is 10.9 Å². The van der Waals surface area contributed by atoms with Gasteiger partial charge in [-0.25, -0.2) is 0 Å². The number of hydrogen-bond donors (Lipinski definition) is 1. The summed E-state index contributed by atoms with van der Waals surface area (Å²) in [5.41, 5.74) is 4.79. The zero-order valence-electron chi connectivity index (χ0n) is 12.5. The summed E-state index contributed by atoms with van der Waals surface area (Å²) in [4.78, 5) is 4.42. The average molecular weight is 276 g/mol. The molecule has 1 heterocycles. The van der Waals surface area contributed by atoms with Crippen LogP contribution in [-0.2, 0) is 0 Å². The predicted octanol–water partition coefficient (Wildman–Crippen LogP) is 5.11. The van der Waals surface area contributed by atoms with E-state index in [1.54, 1.807) is 0 Å². The lowest BCUT2D eigenvalue weighted by Gasteiger charge is -2.20. The average Bonchev–Trinajstić information content (AvgIpc) is 2.54. The van der Waals surface area contributed by atoms with Crippen molar-refractivity contribution in [2.75, 3.05) is 5.32 Å². The van der Waals surface area contributed by atoms with Crippen molar-refractivity contribution in [3.63, 3.8) is 0 Å². The highest BCUT2D eigenvalue weighted by atomic mass is 14.9. The first-order valence-corrected chi connectivity index (χ1v) is 7.45. The van der Waals surface area contributed by atoms with Crippen molar-refractivity contribution in [1.82, 2.24) is 4.98 Å². The second-order valence-corrected chi connectivity index (χ2v) is 5.39. The third-order valence-electron chi connectivity index (χ3n) is 3.86. The fraction of sp³-hybridized carbons (Fsp3) is 0.211.